The van der Waals surface area contributed by atoms with Gasteiger partial charge in [-0.05, 0) is 54.4 Å². The minimum atomic E-state index is -0.642. The van der Waals surface area contributed by atoms with Crippen LogP contribution in [-0.2, 0) is 11.2 Å². The van der Waals surface area contributed by atoms with Gasteiger partial charge in [0.05, 0.1) is 29.2 Å². The number of aromatic nitrogens is 4. The molecule has 0 bridgehead atoms. The molecule has 0 unspecified atom stereocenters. The molecule has 170 valence electrons. The lowest BCUT2D eigenvalue weighted by Gasteiger charge is -2.09. The molecule has 0 radical (unpaired) electrons. The van der Waals surface area contributed by atoms with Crippen LogP contribution in [-0.4, -0.2) is 33.4 Å². The van der Waals surface area contributed by atoms with E-state index in [9.17, 15) is 14.0 Å². The smallest absolute Gasteiger partial charge is 0.413 e. The van der Waals surface area contributed by atoms with Gasteiger partial charge in [0.25, 0.3) is 5.56 Å². The van der Waals surface area contributed by atoms with Crippen molar-refractivity contribution in [2.45, 2.75) is 13.3 Å². The Morgan fingerprint density at radius 2 is 1.94 bits per heavy atom. The third kappa shape index (κ3) is 3.99. The number of benzene rings is 3. The van der Waals surface area contributed by atoms with Crippen molar-refractivity contribution >= 4 is 33.8 Å². The molecule has 5 rings (SSSR count). The van der Waals surface area contributed by atoms with Crippen molar-refractivity contribution in [2.75, 3.05) is 12.4 Å². The highest BCUT2D eigenvalue weighted by molar-refractivity contribution is 5.88. The predicted octanol–water partition coefficient (Wildman–Crippen LogP) is 4.68. The number of rotatable bonds is 4. The van der Waals surface area contributed by atoms with Crippen LogP contribution in [0.2, 0.25) is 0 Å². The van der Waals surface area contributed by atoms with Crippen LogP contribution in [0.15, 0.2) is 59.4 Å². The van der Waals surface area contributed by atoms with Crippen molar-refractivity contribution < 1.29 is 13.9 Å². The highest BCUT2D eigenvalue weighted by atomic mass is 19.1. The number of carbonyl (C=O) groups excluding carboxylic acids is 1. The van der Waals surface area contributed by atoms with E-state index in [-0.39, 0.29) is 17.3 Å². The fourth-order valence-electron chi connectivity index (χ4n) is 3.95. The molecule has 0 saturated heterocycles. The monoisotopic (exact) mass is 457 g/mol. The van der Waals surface area contributed by atoms with Crippen molar-refractivity contribution in [1.29, 1.82) is 0 Å². The molecule has 0 aliphatic heterocycles. The molecule has 8 nitrogen and oxygen atoms in total. The van der Waals surface area contributed by atoms with E-state index in [4.69, 9.17) is 0 Å². The molecule has 34 heavy (non-hydrogen) atoms. The zero-order valence-electron chi connectivity index (χ0n) is 18.4. The third-order valence-electron chi connectivity index (χ3n) is 5.62. The molecule has 9 heteroatoms. The summed E-state index contributed by atoms with van der Waals surface area (Å²) in [5, 5.41) is 10.6. The number of carbonyl (C=O) groups is 1. The van der Waals surface area contributed by atoms with Crippen LogP contribution in [0.1, 0.15) is 16.8 Å². The summed E-state index contributed by atoms with van der Waals surface area (Å²) in [6.45, 7) is 1.96. The summed E-state index contributed by atoms with van der Waals surface area (Å²) in [6, 6.07) is 15.8. The van der Waals surface area contributed by atoms with Gasteiger partial charge in [-0.1, -0.05) is 23.8 Å². The number of methoxy groups -OCH3 is 1. The molecule has 0 spiro atoms. The molecule has 0 atom stereocenters. The molecule has 3 N–H and O–H groups in total. The lowest BCUT2D eigenvalue weighted by Crippen LogP contribution is -2.11. The van der Waals surface area contributed by atoms with Gasteiger partial charge in [-0.15, -0.1) is 0 Å². The van der Waals surface area contributed by atoms with Crippen molar-refractivity contribution in [3.8, 4) is 11.1 Å². The lowest BCUT2D eigenvalue weighted by molar-refractivity contribution is 0.186. The van der Waals surface area contributed by atoms with Gasteiger partial charge in [0.1, 0.15) is 5.82 Å². The number of ether oxygens (including phenoxy) is 1. The Balaban J connectivity index is 1.51. The molecular formula is C25H20FN5O3. The number of halogens is 1. The van der Waals surface area contributed by atoms with Crippen LogP contribution in [0.25, 0.3) is 32.9 Å². The maximum Gasteiger partial charge on any atom is 0.413 e. The van der Waals surface area contributed by atoms with Crippen LogP contribution >= 0.6 is 0 Å². The highest BCUT2D eigenvalue weighted by Gasteiger charge is 2.13. The third-order valence-corrected chi connectivity index (χ3v) is 5.62. The van der Waals surface area contributed by atoms with Gasteiger partial charge in [0.15, 0.2) is 0 Å². The van der Waals surface area contributed by atoms with Gasteiger partial charge in [0, 0.05) is 17.4 Å². The van der Waals surface area contributed by atoms with Crippen molar-refractivity contribution in [3.05, 3.63) is 87.6 Å². The fraction of sp³-hybridized carbons (Fsp3) is 0.120. The lowest BCUT2D eigenvalue weighted by atomic mass is 9.98. The number of fused-ring (bicyclic) bond motifs is 2. The van der Waals surface area contributed by atoms with Gasteiger partial charge < -0.3 is 9.72 Å². The number of amides is 1. The Morgan fingerprint density at radius 1 is 1.09 bits per heavy atom. The first-order chi connectivity index (χ1) is 16.4. The largest absolute Gasteiger partial charge is 0.453 e. The topological polar surface area (TPSA) is 113 Å². The van der Waals surface area contributed by atoms with Crippen molar-refractivity contribution in [2.24, 2.45) is 0 Å². The number of anilines is 1. The minimum Gasteiger partial charge on any atom is -0.453 e. The van der Waals surface area contributed by atoms with Crippen LogP contribution < -0.4 is 10.9 Å². The van der Waals surface area contributed by atoms with E-state index in [0.717, 1.165) is 16.5 Å². The second kappa shape index (κ2) is 8.43. The molecular weight excluding hydrogens is 437 g/mol. The zero-order chi connectivity index (χ0) is 23.8. The molecule has 2 heterocycles. The minimum absolute atomic E-state index is 0.236. The molecule has 0 aliphatic rings. The summed E-state index contributed by atoms with van der Waals surface area (Å²) in [6.07, 6.45) is -0.222. The van der Waals surface area contributed by atoms with E-state index >= 15 is 0 Å². The number of aromatic amines is 2. The first kappa shape index (κ1) is 21.3. The van der Waals surface area contributed by atoms with Crippen molar-refractivity contribution in [1.82, 2.24) is 20.2 Å². The predicted molar refractivity (Wildman–Crippen MR) is 127 cm³/mol. The van der Waals surface area contributed by atoms with E-state index in [2.05, 4.69) is 30.2 Å². The summed E-state index contributed by atoms with van der Waals surface area (Å²) >= 11 is 0. The average Bonchev–Trinajstić information content (AvgIpc) is 3.23. The Bertz CT molecular complexity index is 1620. The first-order valence-electron chi connectivity index (χ1n) is 10.5. The summed E-state index contributed by atoms with van der Waals surface area (Å²) in [7, 11) is 1.26. The quantitative estimate of drug-likeness (QED) is 0.363. The molecule has 1 amide bonds. The maximum absolute atomic E-state index is 14.8. The Kier molecular flexibility index (Phi) is 5.29. The zero-order valence-corrected chi connectivity index (χ0v) is 18.4. The summed E-state index contributed by atoms with van der Waals surface area (Å²) in [5.74, 6) is -0.134. The van der Waals surface area contributed by atoms with Gasteiger partial charge in [-0.3, -0.25) is 10.1 Å². The SMILES string of the molecule is COC(=O)Nc1nc2ccc(-c3cc(Cc4n[nH]c(=O)c5ccc(C)cc45)ccc3F)cc2[nH]1. The van der Waals surface area contributed by atoms with E-state index < -0.39 is 6.09 Å². The number of nitrogens with zero attached hydrogens (tertiary/aromatic N) is 2. The van der Waals surface area contributed by atoms with E-state index in [1.54, 1.807) is 36.4 Å². The van der Waals surface area contributed by atoms with Crippen LogP contribution in [0.3, 0.4) is 0 Å². The Labute approximate surface area is 192 Å². The van der Waals surface area contributed by atoms with Gasteiger partial charge >= 0.3 is 6.09 Å². The van der Waals surface area contributed by atoms with Gasteiger partial charge in [-0.25, -0.2) is 19.3 Å². The molecule has 5 aromatic rings. The maximum atomic E-state index is 14.8. The number of hydrogen-bond donors (Lipinski definition) is 3. The van der Waals surface area contributed by atoms with E-state index in [0.29, 0.717) is 39.7 Å². The Morgan fingerprint density at radius 3 is 2.76 bits per heavy atom. The van der Waals surface area contributed by atoms with Crippen LogP contribution in [0.5, 0.6) is 0 Å². The standard InChI is InChI=1S/C25H20FN5O3/c1-13-3-6-16-18(9-13)21(30-31-23(16)32)11-14-4-7-19(26)17(10-14)15-5-8-20-22(12-15)28-24(27-20)29-25(33)34-2/h3-10,12H,11H2,1-2H3,(H,31,32)(H2,27,28,29,33). The number of nitrogens with one attached hydrogen (secondary N) is 3. The van der Waals surface area contributed by atoms with Crippen molar-refractivity contribution in [3.63, 3.8) is 0 Å². The Hall–Kier alpha value is -4.53. The number of H-pyrrole nitrogens is 2. The molecule has 0 fully saturated rings. The summed E-state index contributed by atoms with van der Waals surface area (Å²) in [5.41, 5.74) is 4.65. The van der Waals surface area contributed by atoms with Gasteiger partial charge in [-0.2, -0.15) is 5.10 Å². The molecule has 3 aromatic carbocycles. The molecule has 2 aromatic heterocycles. The second-order valence-corrected chi connectivity index (χ2v) is 7.97. The summed E-state index contributed by atoms with van der Waals surface area (Å²) in [4.78, 5) is 30.8. The van der Waals surface area contributed by atoms with E-state index in [1.165, 1.54) is 13.2 Å². The fourth-order valence-corrected chi connectivity index (χ4v) is 3.95. The van der Waals surface area contributed by atoms with Gasteiger partial charge in [0.2, 0.25) is 5.95 Å². The first-order valence-corrected chi connectivity index (χ1v) is 10.5. The summed E-state index contributed by atoms with van der Waals surface area (Å²) < 4.78 is 19.4. The number of hydrogen-bond acceptors (Lipinski definition) is 5. The second-order valence-electron chi connectivity index (χ2n) is 7.97. The number of imidazole rings is 1. The number of aryl methyl sites for hydroxylation is 1. The van der Waals surface area contributed by atoms with Crippen LogP contribution in [0, 0.1) is 12.7 Å². The van der Waals surface area contributed by atoms with Crippen LogP contribution in [0.4, 0.5) is 15.1 Å². The normalized spacial score (nSPS) is 11.1. The molecule has 0 saturated carbocycles. The molecule has 0 aliphatic carbocycles. The highest BCUT2D eigenvalue weighted by Crippen LogP contribution is 2.29. The van der Waals surface area contributed by atoms with E-state index in [1.807, 2.05) is 19.1 Å². The average molecular weight is 457 g/mol.